The normalized spacial score (nSPS) is 20.9. The molecule has 0 aliphatic carbocycles. The van der Waals surface area contributed by atoms with Crippen molar-refractivity contribution < 1.29 is 8.42 Å². The van der Waals surface area contributed by atoms with Crippen LogP contribution in [-0.2, 0) is 9.84 Å². The summed E-state index contributed by atoms with van der Waals surface area (Å²) in [5.41, 5.74) is 0. The smallest absolute Gasteiger partial charge is 0.193 e. The van der Waals surface area contributed by atoms with Crippen molar-refractivity contribution in [1.82, 2.24) is 15.1 Å². The number of hydrogen-bond acceptors (Lipinski definition) is 4. The molecule has 1 atom stereocenters. The van der Waals surface area contributed by atoms with E-state index >= 15 is 0 Å². The van der Waals surface area contributed by atoms with E-state index in [9.17, 15) is 8.42 Å². The fourth-order valence-corrected chi connectivity index (χ4v) is 4.68. The van der Waals surface area contributed by atoms with Gasteiger partial charge in [0.05, 0.1) is 10.5 Å². The molecule has 0 radical (unpaired) electrons. The van der Waals surface area contributed by atoms with E-state index in [1.165, 1.54) is 0 Å². The highest BCUT2D eigenvalue weighted by atomic mass is 32.2. The highest BCUT2D eigenvalue weighted by Crippen LogP contribution is 2.23. The van der Waals surface area contributed by atoms with Gasteiger partial charge in [0.1, 0.15) is 0 Å². The Bertz CT molecular complexity index is 601. The van der Waals surface area contributed by atoms with Gasteiger partial charge in [-0.3, -0.25) is 9.89 Å². The van der Waals surface area contributed by atoms with Crippen LogP contribution in [0.2, 0.25) is 0 Å². The fraction of sp³-hybridized carbons (Fsp3) is 0.737. The van der Waals surface area contributed by atoms with Crippen LogP contribution >= 0.6 is 0 Å². The second-order valence-electron chi connectivity index (χ2n) is 7.77. The SMILES string of the molecule is C=CCN(CC=C)C(CNC(=NC)N1CCS(=O)(=O)C(C)(C)C1)C(C)C. The summed E-state index contributed by atoms with van der Waals surface area (Å²) >= 11 is 0. The summed E-state index contributed by atoms with van der Waals surface area (Å²) in [4.78, 5) is 8.76. The number of hydrogen-bond donors (Lipinski definition) is 1. The Morgan fingerprint density at radius 3 is 2.31 bits per heavy atom. The maximum Gasteiger partial charge on any atom is 0.193 e. The molecule has 150 valence electrons. The first kappa shape index (κ1) is 22.7. The van der Waals surface area contributed by atoms with Gasteiger partial charge >= 0.3 is 0 Å². The molecular formula is C19H36N4O2S. The van der Waals surface area contributed by atoms with Crippen molar-refractivity contribution >= 4 is 15.8 Å². The molecule has 0 bridgehead atoms. The van der Waals surface area contributed by atoms with Crippen molar-refractivity contribution in [3.8, 4) is 0 Å². The Hall–Kier alpha value is -1.34. The van der Waals surface area contributed by atoms with Gasteiger partial charge in [0.15, 0.2) is 15.8 Å². The maximum absolute atomic E-state index is 12.2. The fourth-order valence-electron chi connectivity index (χ4n) is 3.32. The minimum Gasteiger partial charge on any atom is -0.355 e. The summed E-state index contributed by atoms with van der Waals surface area (Å²) in [6, 6.07) is 0.296. The average molecular weight is 385 g/mol. The van der Waals surface area contributed by atoms with E-state index in [1.54, 1.807) is 20.9 Å². The van der Waals surface area contributed by atoms with E-state index < -0.39 is 14.6 Å². The van der Waals surface area contributed by atoms with Gasteiger partial charge < -0.3 is 10.2 Å². The van der Waals surface area contributed by atoms with E-state index in [2.05, 4.69) is 42.2 Å². The molecule has 0 aromatic heterocycles. The van der Waals surface area contributed by atoms with Crippen LogP contribution in [0.1, 0.15) is 27.7 Å². The molecule has 7 heteroatoms. The topological polar surface area (TPSA) is 65.0 Å². The first-order valence-electron chi connectivity index (χ1n) is 9.23. The molecule has 1 saturated heterocycles. The molecule has 0 amide bonds. The number of rotatable bonds is 8. The van der Waals surface area contributed by atoms with Crippen LogP contribution in [0, 0.1) is 5.92 Å². The summed E-state index contributed by atoms with van der Waals surface area (Å²) in [5.74, 6) is 1.36. The zero-order chi connectivity index (χ0) is 20.0. The Morgan fingerprint density at radius 1 is 1.31 bits per heavy atom. The third-order valence-electron chi connectivity index (χ3n) is 4.99. The average Bonchev–Trinajstić information content (AvgIpc) is 2.54. The lowest BCUT2D eigenvalue weighted by Gasteiger charge is -2.40. The molecule has 1 rings (SSSR count). The third kappa shape index (κ3) is 5.58. The van der Waals surface area contributed by atoms with Gasteiger partial charge in [-0.05, 0) is 19.8 Å². The van der Waals surface area contributed by atoms with Crippen molar-refractivity contribution in [3.05, 3.63) is 25.3 Å². The first-order valence-corrected chi connectivity index (χ1v) is 10.9. The van der Waals surface area contributed by atoms with Gasteiger partial charge in [0.2, 0.25) is 0 Å². The third-order valence-corrected chi connectivity index (χ3v) is 7.52. The number of aliphatic imine (C=N–C) groups is 1. The summed E-state index contributed by atoms with van der Waals surface area (Å²) < 4.78 is 23.7. The predicted octanol–water partition coefficient (Wildman–Crippen LogP) is 1.77. The van der Waals surface area contributed by atoms with Crippen LogP contribution < -0.4 is 5.32 Å². The number of nitrogens with zero attached hydrogens (tertiary/aromatic N) is 3. The highest BCUT2D eigenvalue weighted by Gasteiger charge is 2.41. The quantitative estimate of drug-likeness (QED) is 0.392. The van der Waals surface area contributed by atoms with Crippen LogP contribution in [0.25, 0.3) is 0 Å². The zero-order valence-electron chi connectivity index (χ0n) is 17.0. The molecular weight excluding hydrogens is 348 g/mol. The maximum atomic E-state index is 12.2. The van der Waals surface area contributed by atoms with Gasteiger partial charge in [-0.15, -0.1) is 13.2 Å². The Balaban J connectivity index is 2.83. The molecule has 0 saturated carbocycles. The molecule has 1 aliphatic heterocycles. The van der Waals surface area contributed by atoms with Gasteiger partial charge in [0, 0.05) is 45.8 Å². The van der Waals surface area contributed by atoms with E-state index in [-0.39, 0.29) is 5.75 Å². The van der Waals surface area contributed by atoms with Crippen LogP contribution in [0.5, 0.6) is 0 Å². The molecule has 0 spiro atoms. The second-order valence-corrected chi connectivity index (χ2v) is 10.5. The summed E-state index contributed by atoms with van der Waals surface area (Å²) in [6.07, 6.45) is 3.82. The molecule has 0 aromatic carbocycles. The molecule has 26 heavy (non-hydrogen) atoms. The molecule has 1 fully saturated rings. The van der Waals surface area contributed by atoms with Crippen LogP contribution in [0.15, 0.2) is 30.3 Å². The molecule has 1 N–H and O–H groups in total. The zero-order valence-corrected chi connectivity index (χ0v) is 17.8. The molecule has 6 nitrogen and oxygen atoms in total. The number of sulfone groups is 1. The molecule has 0 aromatic rings. The van der Waals surface area contributed by atoms with E-state index in [0.717, 1.165) is 25.6 Å². The Labute approximate surface area is 160 Å². The first-order chi connectivity index (χ1) is 12.1. The standard InChI is InChI=1S/C19H36N4O2S/c1-8-10-22(11-9-2)17(16(3)4)14-21-18(20-7)23-12-13-26(24,25)19(5,6)15-23/h8-9,16-17H,1-2,10-15H2,3-7H3,(H,20,21). The molecule has 1 aliphatic rings. The second kappa shape index (κ2) is 9.55. The van der Waals surface area contributed by atoms with Crippen molar-refractivity contribution in [3.63, 3.8) is 0 Å². The van der Waals surface area contributed by atoms with Crippen molar-refractivity contribution in [1.29, 1.82) is 0 Å². The Kier molecular flexibility index (Phi) is 8.34. The highest BCUT2D eigenvalue weighted by molar-refractivity contribution is 7.92. The largest absolute Gasteiger partial charge is 0.355 e. The van der Waals surface area contributed by atoms with Crippen LogP contribution in [-0.4, -0.2) is 80.5 Å². The molecule has 1 unspecified atom stereocenters. The van der Waals surface area contributed by atoms with E-state index in [4.69, 9.17) is 0 Å². The summed E-state index contributed by atoms with van der Waals surface area (Å²) in [6.45, 7) is 18.9. The van der Waals surface area contributed by atoms with Crippen LogP contribution in [0.3, 0.4) is 0 Å². The lowest BCUT2D eigenvalue weighted by molar-refractivity contribution is 0.188. The summed E-state index contributed by atoms with van der Waals surface area (Å²) in [5, 5.41) is 3.45. The minimum atomic E-state index is -3.06. The lowest BCUT2D eigenvalue weighted by Crippen LogP contribution is -2.58. The lowest BCUT2D eigenvalue weighted by atomic mass is 10.0. The predicted molar refractivity (Wildman–Crippen MR) is 111 cm³/mol. The van der Waals surface area contributed by atoms with Gasteiger partial charge in [-0.25, -0.2) is 8.42 Å². The monoisotopic (exact) mass is 384 g/mol. The summed E-state index contributed by atoms with van der Waals surface area (Å²) in [7, 11) is -1.32. The van der Waals surface area contributed by atoms with E-state index in [1.807, 2.05) is 17.1 Å². The minimum absolute atomic E-state index is 0.160. The molecule has 1 heterocycles. The van der Waals surface area contributed by atoms with Crippen molar-refractivity contribution in [2.24, 2.45) is 10.9 Å². The van der Waals surface area contributed by atoms with Gasteiger partial charge in [-0.1, -0.05) is 26.0 Å². The van der Waals surface area contributed by atoms with Gasteiger partial charge in [0.25, 0.3) is 0 Å². The Morgan fingerprint density at radius 2 is 1.88 bits per heavy atom. The van der Waals surface area contributed by atoms with Crippen molar-refractivity contribution in [2.75, 3.05) is 45.5 Å². The number of guanidine groups is 1. The number of nitrogens with one attached hydrogen (secondary N) is 1. The van der Waals surface area contributed by atoms with Gasteiger partial charge in [-0.2, -0.15) is 0 Å². The van der Waals surface area contributed by atoms with Crippen LogP contribution in [0.4, 0.5) is 0 Å². The van der Waals surface area contributed by atoms with E-state index in [0.29, 0.717) is 25.0 Å². The van der Waals surface area contributed by atoms with Crippen molar-refractivity contribution in [2.45, 2.75) is 38.5 Å².